The first kappa shape index (κ1) is 19.6. The maximum Gasteiger partial charge on any atom is 0.415 e. The summed E-state index contributed by atoms with van der Waals surface area (Å²) < 4.78 is 10.2. The lowest BCUT2D eigenvalue weighted by atomic mass is 10.3. The van der Waals surface area contributed by atoms with Crippen molar-refractivity contribution < 1.29 is 24.0 Å². The number of hydrogen-bond donors (Lipinski definition) is 0. The SMILES string of the molecule is CCOC(=O)CCN1CCCN(C(=O)Oc2ccc([N+](=O)[O-])cc2)CC1. The van der Waals surface area contributed by atoms with Gasteiger partial charge in [-0.1, -0.05) is 0 Å². The van der Waals surface area contributed by atoms with Crippen LogP contribution in [-0.4, -0.2) is 66.1 Å². The molecule has 26 heavy (non-hydrogen) atoms. The summed E-state index contributed by atoms with van der Waals surface area (Å²) in [6, 6.07) is 5.39. The Balaban J connectivity index is 1.81. The van der Waals surface area contributed by atoms with Crippen LogP contribution in [0, 0.1) is 10.1 Å². The van der Waals surface area contributed by atoms with Crippen LogP contribution >= 0.6 is 0 Å². The fourth-order valence-corrected chi connectivity index (χ4v) is 2.66. The van der Waals surface area contributed by atoms with E-state index < -0.39 is 11.0 Å². The number of rotatable bonds is 6. The number of non-ortho nitro benzene ring substituents is 1. The number of carbonyl (C=O) groups is 2. The van der Waals surface area contributed by atoms with Crippen molar-refractivity contribution in [3.8, 4) is 5.75 Å². The molecule has 0 spiro atoms. The van der Waals surface area contributed by atoms with Crippen LogP contribution in [-0.2, 0) is 9.53 Å². The molecule has 1 heterocycles. The van der Waals surface area contributed by atoms with E-state index in [-0.39, 0.29) is 17.4 Å². The smallest absolute Gasteiger partial charge is 0.415 e. The summed E-state index contributed by atoms with van der Waals surface area (Å²) in [6.45, 7) is 5.25. The lowest BCUT2D eigenvalue weighted by Crippen LogP contribution is -2.37. The molecule has 0 bridgehead atoms. The van der Waals surface area contributed by atoms with Crippen LogP contribution in [0.2, 0.25) is 0 Å². The Morgan fingerprint density at radius 1 is 1.15 bits per heavy atom. The normalized spacial score (nSPS) is 15.2. The molecular formula is C17H23N3O6. The Hall–Kier alpha value is -2.68. The second-order valence-electron chi connectivity index (χ2n) is 5.86. The minimum atomic E-state index is -0.509. The number of amides is 1. The highest BCUT2D eigenvalue weighted by atomic mass is 16.6. The highest BCUT2D eigenvalue weighted by Crippen LogP contribution is 2.18. The number of hydrogen-bond acceptors (Lipinski definition) is 7. The second kappa shape index (κ2) is 9.71. The number of ether oxygens (including phenoxy) is 2. The Kier molecular flexibility index (Phi) is 7.34. The Morgan fingerprint density at radius 2 is 1.88 bits per heavy atom. The van der Waals surface area contributed by atoms with E-state index in [0.29, 0.717) is 39.2 Å². The van der Waals surface area contributed by atoms with E-state index in [9.17, 15) is 19.7 Å². The van der Waals surface area contributed by atoms with E-state index in [4.69, 9.17) is 9.47 Å². The predicted molar refractivity (Wildman–Crippen MR) is 93.0 cm³/mol. The summed E-state index contributed by atoms with van der Waals surface area (Å²) in [7, 11) is 0. The first-order valence-corrected chi connectivity index (χ1v) is 8.58. The van der Waals surface area contributed by atoms with E-state index >= 15 is 0 Å². The van der Waals surface area contributed by atoms with E-state index in [1.54, 1.807) is 11.8 Å². The molecule has 0 saturated carbocycles. The lowest BCUT2D eigenvalue weighted by molar-refractivity contribution is -0.384. The zero-order chi connectivity index (χ0) is 18.9. The number of benzene rings is 1. The molecule has 0 radical (unpaired) electrons. The van der Waals surface area contributed by atoms with Crippen molar-refractivity contribution >= 4 is 17.7 Å². The zero-order valence-corrected chi connectivity index (χ0v) is 14.8. The van der Waals surface area contributed by atoms with Gasteiger partial charge in [-0.15, -0.1) is 0 Å². The molecule has 0 atom stereocenters. The van der Waals surface area contributed by atoms with Crippen molar-refractivity contribution in [2.75, 3.05) is 39.3 Å². The fraction of sp³-hybridized carbons (Fsp3) is 0.529. The molecule has 2 rings (SSSR count). The Bertz CT molecular complexity index is 634. The molecule has 0 aliphatic carbocycles. The van der Waals surface area contributed by atoms with Crippen LogP contribution in [0.1, 0.15) is 19.8 Å². The van der Waals surface area contributed by atoms with Crippen LogP contribution in [0.3, 0.4) is 0 Å². The molecule has 0 aromatic heterocycles. The standard InChI is InChI=1S/C17H23N3O6/c1-2-25-16(21)8-11-18-9-3-10-19(13-12-18)17(22)26-15-6-4-14(5-7-15)20(23)24/h4-7H,2-3,8-13H2,1H3. The maximum atomic E-state index is 12.3. The lowest BCUT2D eigenvalue weighted by Gasteiger charge is -2.21. The van der Waals surface area contributed by atoms with Crippen molar-refractivity contribution in [2.24, 2.45) is 0 Å². The number of nitro benzene ring substituents is 1. The minimum Gasteiger partial charge on any atom is -0.466 e. The number of nitro groups is 1. The van der Waals surface area contributed by atoms with Gasteiger partial charge in [0.15, 0.2) is 0 Å². The van der Waals surface area contributed by atoms with Crippen LogP contribution in [0.25, 0.3) is 0 Å². The number of esters is 1. The predicted octanol–water partition coefficient (Wildman–Crippen LogP) is 2.05. The monoisotopic (exact) mass is 365 g/mol. The van der Waals surface area contributed by atoms with Gasteiger partial charge < -0.3 is 19.3 Å². The first-order chi connectivity index (χ1) is 12.5. The molecule has 1 aromatic carbocycles. The molecule has 0 N–H and O–H groups in total. The topological polar surface area (TPSA) is 102 Å². The van der Waals surface area contributed by atoms with Gasteiger partial charge in [0.05, 0.1) is 18.0 Å². The summed E-state index contributed by atoms with van der Waals surface area (Å²) in [5.41, 5.74) is -0.0585. The van der Waals surface area contributed by atoms with Gasteiger partial charge in [-0.3, -0.25) is 14.9 Å². The molecule has 1 amide bonds. The molecule has 1 saturated heterocycles. The summed E-state index contributed by atoms with van der Waals surface area (Å²) in [5.74, 6) is 0.0511. The Labute approximate surface area is 151 Å². The average Bonchev–Trinajstić information content (AvgIpc) is 2.86. The van der Waals surface area contributed by atoms with Crippen LogP contribution in [0.5, 0.6) is 5.75 Å². The summed E-state index contributed by atoms with van der Waals surface area (Å²) in [5, 5.41) is 10.6. The van der Waals surface area contributed by atoms with Gasteiger partial charge in [-0.2, -0.15) is 0 Å². The van der Waals surface area contributed by atoms with Gasteiger partial charge in [0.1, 0.15) is 5.75 Å². The summed E-state index contributed by atoms with van der Waals surface area (Å²) in [6.07, 6.45) is 0.630. The highest BCUT2D eigenvalue weighted by Gasteiger charge is 2.21. The van der Waals surface area contributed by atoms with Crippen LogP contribution in [0.4, 0.5) is 10.5 Å². The van der Waals surface area contributed by atoms with Crippen molar-refractivity contribution in [1.82, 2.24) is 9.80 Å². The molecule has 9 heteroatoms. The van der Waals surface area contributed by atoms with Gasteiger partial charge in [0.2, 0.25) is 0 Å². The fourth-order valence-electron chi connectivity index (χ4n) is 2.66. The van der Waals surface area contributed by atoms with Crippen molar-refractivity contribution in [2.45, 2.75) is 19.8 Å². The number of carbonyl (C=O) groups excluding carboxylic acids is 2. The first-order valence-electron chi connectivity index (χ1n) is 8.58. The summed E-state index contributed by atoms with van der Waals surface area (Å²) >= 11 is 0. The molecule has 1 aliphatic rings. The molecule has 142 valence electrons. The third-order valence-corrected chi connectivity index (χ3v) is 4.04. The quantitative estimate of drug-likeness (QED) is 0.432. The molecule has 1 fully saturated rings. The third kappa shape index (κ3) is 5.99. The van der Waals surface area contributed by atoms with E-state index in [2.05, 4.69) is 4.90 Å². The maximum absolute atomic E-state index is 12.3. The largest absolute Gasteiger partial charge is 0.466 e. The molecule has 0 unspecified atom stereocenters. The van der Waals surface area contributed by atoms with Crippen molar-refractivity contribution in [3.05, 3.63) is 34.4 Å². The minimum absolute atomic E-state index is 0.0585. The molecular weight excluding hydrogens is 342 g/mol. The van der Waals surface area contributed by atoms with Gasteiger partial charge in [-0.25, -0.2) is 4.79 Å². The highest BCUT2D eigenvalue weighted by molar-refractivity contribution is 5.71. The second-order valence-corrected chi connectivity index (χ2v) is 5.86. The summed E-state index contributed by atoms with van der Waals surface area (Å²) in [4.78, 5) is 37.6. The van der Waals surface area contributed by atoms with Gasteiger partial charge in [0, 0.05) is 38.3 Å². The van der Waals surface area contributed by atoms with Crippen LogP contribution < -0.4 is 4.74 Å². The van der Waals surface area contributed by atoms with Crippen LogP contribution in [0.15, 0.2) is 24.3 Å². The average molecular weight is 365 g/mol. The molecule has 1 aliphatic heterocycles. The van der Waals surface area contributed by atoms with E-state index in [0.717, 1.165) is 13.0 Å². The van der Waals surface area contributed by atoms with E-state index in [1.165, 1.54) is 24.3 Å². The zero-order valence-electron chi connectivity index (χ0n) is 14.8. The third-order valence-electron chi connectivity index (χ3n) is 4.04. The Morgan fingerprint density at radius 3 is 2.54 bits per heavy atom. The van der Waals surface area contributed by atoms with Gasteiger partial charge >= 0.3 is 12.1 Å². The van der Waals surface area contributed by atoms with Gasteiger partial charge in [-0.05, 0) is 32.0 Å². The van der Waals surface area contributed by atoms with Crippen molar-refractivity contribution in [1.29, 1.82) is 0 Å². The van der Waals surface area contributed by atoms with Crippen molar-refractivity contribution in [3.63, 3.8) is 0 Å². The molecule has 9 nitrogen and oxygen atoms in total. The van der Waals surface area contributed by atoms with Gasteiger partial charge in [0.25, 0.3) is 5.69 Å². The number of nitrogens with zero attached hydrogens (tertiary/aromatic N) is 3. The molecule has 1 aromatic rings. The van der Waals surface area contributed by atoms with E-state index in [1.807, 2.05) is 0 Å².